The zero-order valence-corrected chi connectivity index (χ0v) is 14.3. The Hall–Kier alpha value is -2.34. The summed E-state index contributed by atoms with van der Waals surface area (Å²) in [5, 5.41) is 0. The number of carbonyl (C=O) groups excluding carboxylic acids is 1. The first-order valence-corrected chi connectivity index (χ1v) is 9.25. The Morgan fingerprint density at radius 2 is 1.75 bits per heavy atom. The third-order valence-electron chi connectivity index (χ3n) is 4.00. The van der Waals surface area contributed by atoms with Crippen molar-refractivity contribution in [1.82, 2.24) is 0 Å². The molecule has 0 bridgehead atoms. The molecule has 0 fully saturated rings. The largest absolute Gasteiger partial charge is 0.464 e. The topological polar surface area (TPSA) is 63.7 Å². The van der Waals surface area contributed by atoms with Gasteiger partial charge in [0.25, 0.3) is 10.0 Å². The maximum Gasteiger partial charge on any atom is 0.326 e. The zero-order valence-electron chi connectivity index (χ0n) is 13.4. The van der Waals surface area contributed by atoms with E-state index in [1.54, 1.807) is 36.4 Å². The van der Waals surface area contributed by atoms with Crippen LogP contribution >= 0.6 is 0 Å². The van der Waals surface area contributed by atoms with Gasteiger partial charge in [-0.05, 0) is 43.5 Å². The lowest BCUT2D eigenvalue weighted by Crippen LogP contribution is -2.36. The van der Waals surface area contributed by atoms with E-state index in [-0.39, 0.29) is 11.4 Å². The van der Waals surface area contributed by atoms with Gasteiger partial charge in [0.2, 0.25) is 0 Å². The molecule has 0 saturated carbocycles. The molecule has 2 aromatic rings. The molecule has 1 aliphatic rings. The predicted octanol–water partition coefficient (Wildman–Crippen LogP) is 2.68. The zero-order chi connectivity index (χ0) is 17.2. The fraction of sp³-hybridized carbons (Fsp3) is 0.278. The maximum absolute atomic E-state index is 13.1. The minimum Gasteiger partial charge on any atom is -0.464 e. The summed E-state index contributed by atoms with van der Waals surface area (Å²) in [6, 6.07) is 13.9. The molecule has 0 aromatic heterocycles. The molecule has 2 aromatic carbocycles. The standard InChI is InChI=1S/C18H19NO4S/c1-14-8-10-16(11-9-14)24(21,22)19-13-18(20)23-12-4-6-15-5-2-3-7-17(15)19/h2-3,5,7-11H,4,6,12-13H2,1H3. The molecule has 0 unspecified atom stereocenters. The molecule has 1 aliphatic heterocycles. The number of sulfonamides is 1. The predicted molar refractivity (Wildman–Crippen MR) is 91.4 cm³/mol. The number of aryl methyl sites for hydroxylation is 2. The number of hydrogen-bond acceptors (Lipinski definition) is 4. The fourth-order valence-corrected chi connectivity index (χ4v) is 4.16. The summed E-state index contributed by atoms with van der Waals surface area (Å²) in [6.07, 6.45) is 1.32. The molecule has 0 radical (unpaired) electrons. The van der Waals surface area contributed by atoms with Crippen molar-refractivity contribution in [3.05, 3.63) is 59.7 Å². The molecule has 0 aliphatic carbocycles. The van der Waals surface area contributed by atoms with Crippen molar-refractivity contribution in [3.8, 4) is 0 Å². The van der Waals surface area contributed by atoms with Crippen LogP contribution in [0.5, 0.6) is 0 Å². The number of para-hydroxylation sites is 1. The number of esters is 1. The highest BCUT2D eigenvalue weighted by Gasteiger charge is 2.29. The number of hydrogen-bond donors (Lipinski definition) is 0. The van der Waals surface area contributed by atoms with E-state index in [0.717, 1.165) is 15.4 Å². The Morgan fingerprint density at radius 3 is 2.50 bits per heavy atom. The first-order chi connectivity index (χ1) is 11.5. The van der Waals surface area contributed by atoms with Gasteiger partial charge in [0.05, 0.1) is 17.2 Å². The SMILES string of the molecule is Cc1ccc(S(=O)(=O)N2CC(=O)OCCCc3ccccc32)cc1. The van der Waals surface area contributed by atoms with Crippen LogP contribution in [0.1, 0.15) is 17.5 Å². The first kappa shape index (κ1) is 16.5. The number of ether oxygens (including phenoxy) is 1. The van der Waals surface area contributed by atoms with Crippen LogP contribution in [0, 0.1) is 6.92 Å². The second kappa shape index (κ2) is 6.65. The van der Waals surface area contributed by atoms with Gasteiger partial charge < -0.3 is 4.74 Å². The van der Waals surface area contributed by atoms with Crippen LogP contribution in [0.15, 0.2) is 53.4 Å². The smallest absolute Gasteiger partial charge is 0.326 e. The van der Waals surface area contributed by atoms with Crippen molar-refractivity contribution in [2.45, 2.75) is 24.7 Å². The molecular weight excluding hydrogens is 326 g/mol. The van der Waals surface area contributed by atoms with Crippen LogP contribution < -0.4 is 4.31 Å². The lowest BCUT2D eigenvalue weighted by Gasteiger charge is -2.25. The van der Waals surface area contributed by atoms with Gasteiger partial charge in [-0.1, -0.05) is 35.9 Å². The summed E-state index contributed by atoms with van der Waals surface area (Å²) < 4.78 is 32.5. The average Bonchev–Trinajstić information content (AvgIpc) is 2.65. The number of cyclic esters (lactones) is 1. The van der Waals surface area contributed by atoms with Gasteiger partial charge in [-0.2, -0.15) is 0 Å². The molecule has 6 heteroatoms. The van der Waals surface area contributed by atoms with Gasteiger partial charge in [0, 0.05) is 0 Å². The third kappa shape index (κ3) is 3.28. The second-order valence-corrected chi connectivity index (χ2v) is 7.64. The summed E-state index contributed by atoms with van der Waals surface area (Å²) in [5.74, 6) is -0.539. The molecular formula is C18H19NO4S. The second-order valence-electron chi connectivity index (χ2n) is 5.78. The molecule has 0 saturated heterocycles. The Bertz CT molecular complexity index is 844. The van der Waals surface area contributed by atoms with E-state index in [4.69, 9.17) is 4.74 Å². The van der Waals surface area contributed by atoms with E-state index in [0.29, 0.717) is 25.1 Å². The molecule has 24 heavy (non-hydrogen) atoms. The third-order valence-corrected chi connectivity index (χ3v) is 5.77. The summed E-state index contributed by atoms with van der Waals surface area (Å²) in [6.45, 7) is 1.86. The molecule has 0 amide bonds. The maximum atomic E-state index is 13.1. The van der Waals surface area contributed by atoms with Gasteiger partial charge in [0.1, 0.15) is 6.54 Å². The molecule has 126 valence electrons. The number of nitrogens with zero attached hydrogens (tertiary/aromatic N) is 1. The van der Waals surface area contributed by atoms with Gasteiger partial charge >= 0.3 is 5.97 Å². The Labute approximate surface area is 141 Å². The van der Waals surface area contributed by atoms with Crippen molar-refractivity contribution in [2.75, 3.05) is 17.5 Å². The average molecular weight is 345 g/mol. The van der Waals surface area contributed by atoms with Gasteiger partial charge in [-0.3, -0.25) is 9.10 Å². The van der Waals surface area contributed by atoms with Crippen molar-refractivity contribution in [1.29, 1.82) is 0 Å². The van der Waals surface area contributed by atoms with E-state index in [2.05, 4.69) is 0 Å². The molecule has 1 heterocycles. The number of fused-ring (bicyclic) bond motifs is 1. The van der Waals surface area contributed by atoms with E-state index in [1.807, 2.05) is 19.1 Å². The lowest BCUT2D eigenvalue weighted by molar-refractivity contribution is -0.141. The first-order valence-electron chi connectivity index (χ1n) is 7.81. The van der Waals surface area contributed by atoms with Gasteiger partial charge in [-0.15, -0.1) is 0 Å². The number of carbonyl (C=O) groups is 1. The number of benzene rings is 2. The van der Waals surface area contributed by atoms with Crippen molar-refractivity contribution in [3.63, 3.8) is 0 Å². The van der Waals surface area contributed by atoms with Gasteiger partial charge in [0.15, 0.2) is 0 Å². The van der Waals surface area contributed by atoms with E-state index in [9.17, 15) is 13.2 Å². The quantitative estimate of drug-likeness (QED) is 0.785. The summed E-state index contributed by atoms with van der Waals surface area (Å²) >= 11 is 0. The summed E-state index contributed by atoms with van der Waals surface area (Å²) in [7, 11) is -3.85. The lowest BCUT2D eigenvalue weighted by atomic mass is 10.1. The minimum absolute atomic E-state index is 0.162. The highest BCUT2D eigenvalue weighted by molar-refractivity contribution is 7.92. The van der Waals surface area contributed by atoms with E-state index >= 15 is 0 Å². The molecule has 0 atom stereocenters. The van der Waals surface area contributed by atoms with Crippen LogP contribution in [0.2, 0.25) is 0 Å². The summed E-state index contributed by atoms with van der Waals surface area (Å²) in [4.78, 5) is 12.2. The highest BCUT2D eigenvalue weighted by Crippen LogP contribution is 2.29. The van der Waals surface area contributed by atoms with Crippen LogP contribution in [0.4, 0.5) is 5.69 Å². The highest BCUT2D eigenvalue weighted by atomic mass is 32.2. The molecule has 0 spiro atoms. The van der Waals surface area contributed by atoms with Crippen LogP contribution in [-0.2, 0) is 26.0 Å². The monoisotopic (exact) mass is 345 g/mol. The molecule has 3 rings (SSSR count). The van der Waals surface area contributed by atoms with E-state index < -0.39 is 16.0 Å². The Balaban J connectivity index is 2.11. The van der Waals surface area contributed by atoms with Crippen LogP contribution in [0.3, 0.4) is 0 Å². The van der Waals surface area contributed by atoms with Crippen LogP contribution in [0.25, 0.3) is 0 Å². The molecule has 0 N–H and O–H groups in total. The van der Waals surface area contributed by atoms with Gasteiger partial charge in [-0.25, -0.2) is 8.42 Å². The number of rotatable bonds is 2. The minimum atomic E-state index is -3.85. The van der Waals surface area contributed by atoms with Crippen molar-refractivity contribution in [2.24, 2.45) is 0 Å². The summed E-state index contributed by atoms with van der Waals surface area (Å²) in [5.41, 5.74) is 2.40. The Morgan fingerprint density at radius 1 is 1.04 bits per heavy atom. The molecule has 5 nitrogen and oxygen atoms in total. The fourth-order valence-electron chi connectivity index (χ4n) is 2.71. The van der Waals surface area contributed by atoms with Crippen LogP contribution in [-0.4, -0.2) is 27.5 Å². The number of anilines is 1. The Kier molecular flexibility index (Phi) is 4.57. The van der Waals surface area contributed by atoms with Crippen molar-refractivity contribution >= 4 is 21.7 Å². The normalized spacial score (nSPS) is 15.7. The van der Waals surface area contributed by atoms with Crippen molar-refractivity contribution < 1.29 is 17.9 Å². The van der Waals surface area contributed by atoms with E-state index in [1.165, 1.54) is 0 Å².